The van der Waals surface area contributed by atoms with Gasteiger partial charge in [-0.25, -0.2) is 4.98 Å². The van der Waals surface area contributed by atoms with Crippen molar-refractivity contribution in [2.24, 2.45) is 0 Å². The van der Waals surface area contributed by atoms with E-state index < -0.39 is 0 Å². The van der Waals surface area contributed by atoms with E-state index in [0.29, 0.717) is 16.4 Å². The molecule has 5 heteroatoms. The Morgan fingerprint density at radius 2 is 1.94 bits per heavy atom. The number of aromatic amines is 1. The molecule has 0 atom stereocenters. The molecule has 3 N–H and O–H groups in total. The largest absolute Gasteiger partial charge is 0.504 e. The number of fused-ring (bicyclic) bond motifs is 1. The van der Waals surface area contributed by atoms with Crippen LogP contribution in [-0.4, -0.2) is 20.2 Å². The summed E-state index contributed by atoms with van der Waals surface area (Å²) in [6.45, 7) is 0. The summed E-state index contributed by atoms with van der Waals surface area (Å²) in [5.41, 5.74) is 1.97. The quantitative estimate of drug-likeness (QED) is 0.588. The highest BCUT2D eigenvalue weighted by Gasteiger charge is 2.12. The Balaban J connectivity index is 2.22. The number of phenolic OH excluding ortho intramolecular Hbond substituents is 2. The van der Waals surface area contributed by atoms with E-state index in [2.05, 4.69) is 9.97 Å². The Morgan fingerprint density at radius 3 is 2.78 bits per heavy atom. The van der Waals surface area contributed by atoms with Gasteiger partial charge in [0, 0.05) is 5.02 Å². The molecule has 0 aliphatic heterocycles. The third-order valence-electron chi connectivity index (χ3n) is 2.71. The number of phenols is 2. The molecular weight excluding hydrogens is 252 g/mol. The van der Waals surface area contributed by atoms with Crippen molar-refractivity contribution in [3.8, 4) is 22.9 Å². The molecule has 0 saturated heterocycles. The van der Waals surface area contributed by atoms with Crippen LogP contribution in [0.2, 0.25) is 5.02 Å². The molecule has 90 valence electrons. The number of hydrogen-bond donors (Lipinski definition) is 3. The zero-order chi connectivity index (χ0) is 12.7. The number of hydrogen-bond acceptors (Lipinski definition) is 3. The summed E-state index contributed by atoms with van der Waals surface area (Å²) >= 11 is 5.89. The minimum absolute atomic E-state index is 0.175. The van der Waals surface area contributed by atoms with E-state index in [1.54, 1.807) is 30.3 Å². The topological polar surface area (TPSA) is 69.1 Å². The zero-order valence-corrected chi connectivity index (χ0v) is 9.94. The molecule has 0 unspecified atom stereocenters. The van der Waals surface area contributed by atoms with Gasteiger partial charge in [-0.2, -0.15) is 0 Å². The number of para-hydroxylation sites is 1. The maximum absolute atomic E-state index is 9.79. The molecule has 1 aromatic heterocycles. The standard InChI is InChI=1S/C13H9ClN2O2/c14-7-4-5-9-10(6-7)16-13(15-9)8-2-1-3-11(17)12(8)18/h1-6,17-18H,(H,15,16). The zero-order valence-electron chi connectivity index (χ0n) is 9.18. The van der Waals surface area contributed by atoms with Crippen LogP contribution in [0.15, 0.2) is 36.4 Å². The van der Waals surface area contributed by atoms with Gasteiger partial charge in [-0.05, 0) is 30.3 Å². The molecular formula is C13H9ClN2O2. The van der Waals surface area contributed by atoms with Crippen LogP contribution >= 0.6 is 11.6 Å². The van der Waals surface area contributed by atoms with Crippen molar-refractivity contribution >= 4 is 22.6 Å². The molecule has 2 aromatic carbocycles. The van der Waals surface area contributed by atoms with Gasteiger partial charge in [0.05, 0.1) is 16.6 Å². The lowest BCUT2D eigenvalue weighted by atomic mass is 10.2. The Kier molecular flexibility index (Phi) is 2.38. The van der Waals surface area contributed by atoms with Crippen LogP contribution < -0.4 is 0 Å². The van der Waals surface area contributed by atoms with Gasteiger partial charge < -0.3 is 15.2 Å². The maximum atomic E-state index is 9.79. The van der Waals surface area contributed by atoms with Crippen molar-refractivity contribution in [1.82, 2.24) is 9.97 Å². The Hall–Kier alpha value is -2.20. The van der Waals surface area contributed by atoms with E-state index in [1.807, 2.05) is 0 Å². The van der Waals surface area contributed by atoms with Crippen LogP contribution in [0.1, 0.15) is 0 Å². The Bertz CT molecular complexity index is 737. The summed E-state index contributed by atoms with van der Waals surface area (Å²) in [4.78, 5) is 7.39. The van der Waals surface area contributed by atoms with Crippen LogP contribution in [0.4, 0.5) is 0 Å². The van der Waals surface area contributed by atoms with Crippen LogP contribution in [0.5, 0.6) is 11.5 Å². The smallest absolute Gasteiger partial charge is 0.168 e. The molecule has 1 heterocycles. The first-order valence-corrected chi connectivity index (χ1v) is 5.69. The molecule has 0 bridgehead atoms. The summed E-state index contributed by atoms with van der Waals surface area (Å²) in [7, 11) is 0. The lowest BCUT2D eigenvalue weighted by Crippen LogP contribution is -1.81. The van der Waals surface area contributed by atoms with Crippen molar-refractivity contribution in [2.45, 2.75) is 0 Å². The van der Waals surface area contributed by atoms with E-state index in [4.69, 9.17) is 11.6 Å². The predicted molar refractivity (Wildman–Crippen MR) is 69.9 cm³/mol. The minimum Gasteiger partial charge on any atom is -0.504 e. The normalized spacial score (nSPS) is 10.9. The van der Waals surface area contributed by atoms with Crippen LogP contribution in [-0.2, 0) is 0 Å². The summed E-state index contributed by atoms with van der Waals surface area (Å²) in [6.07, 6.45) is 0. The van der Waals surface area contributed by atoms with Gasteiger partial charge in [0.2, 0.25) is 0 Å². The number of nitrogens with zero attached hydrogens (tertiary/aromatic N) is 1. The van der Waals surface area contributed by atoms with E-state index >= 15 is 0 Å². The average Bonchev–Trinajstić information content (AvgIpc) is 2.75. The lowest BCUT2D eigenvalue weighted by Gasteiger charge is -2.02. The maximum Gasteiger partial charge on any atom is 0.168 e. The van der Waals surface area contributed by atoms with Crippen molar-refractivity contribution in [3.05, 3.63) is 41.4 Å². The fourth-order valence-electron chi connectivity index (χ4n) is 1.83. The minimum atomic E-state index is -0.192. The second-order valence-corrected chi connectivity index (χ2v) is 4.36. The Labute approximate surface area is 107 Å². The Morgan fingerprint density at radius 1 is 1.11 bits per heavy atom. The molecule has 18 heavy (non-hydrogen) atoms. The highest BCUT2D eigenvalue weighted by atomic mass is 35.5. The molecule has 0 spiro atoms. The molecule has 0 saturated carbocycles. The second kappa shape index (κ2) is 3.92. The predicted octanol–water partition coefficient (Wildman–Crippen LogP) is 3.29. The van der Waals surface area contributed by atoms with Gasteiger partial charge in [-0.1, -0.05) is 17.7 Å². The average molecular weight is 261 g/mol. The molecule has 0 aliphatic carbocycles. The third-order valence-corrected chi connectivity index (χ3v) is 2.95. The van der Waals surface area contributed by atoms with Crippen LogP contribution in [0.25, 0.3) is 22.4 Å². The van der Waals surface area contributed by atoms with Crippen LogP contribution in [0, 0.1) is 0 Å². The van der Waals surface area contributed by atoms with Crippen molar-refractivity contribution < 1.29 is 10.2 Å². The van der Waals surface area contributed by atoms with Crippen molar-refractivity contribution in [3.63, 3.8) is 0 Å². The fraction of sp³-hybridized carbons (Fsp3) is 0. The van der Waals surface area contributed by atoms with Gasteiger partial charge in [0.15, 0.2) is 11.5 Å². The van der Waals surface area contributed by atoms with Gasteiger partial charge >= 0.3 is 0 Å². The number of benzene rings is 2. The first-order valence-electron chi connectivity index (χ1n) is 5.32. The second-order valence-electron chi connectivity index (χ2n) is 3.92. The number of H-pyrrole nitrogens is 1. The molecule has 0 fully saturated rings. The lowest BCUT2D eigenvalue weighted by molar-refractivity contribution is 0.405. The van der Waals surface area contributed by atoms with E-state index in [-0.39, 0.29) is 11.5 Å². The SMILES string of the molecule is Oc1cccc(-c2nc3ccc(Cl)cc3[nH]2)c1O. The van der Waals surface area contributed by atoms with Crippen molar-refractivity contribution in [2.75, 3.05) is 0 Å². The first-order chi connectivity index (χ1) is 8.65. The summed E-state index contributed by atoms with van der Waals surface area (Å²) < 4.78 is 0. The number of halogens is 1. The number of imidazole rings is 1. The molecule has 0 radical (unpaired) electrons. The van der Waals surface area contributed by atoms with Crippen LogP contribution in [0.3, 0.4) is 0 Å². The summed E-state index contributed by atoms with van der Waals surface area (Å²) in [5.74, 6) is 0.120. The first kappa shape index (κ1) is 10.9. The van der Waals surface area contributed by atoms with Crippen molar-refractivity contribution in [1.29, 1.82) is 0 Å². The van der Waals surface area contributed by atoms with E-state index in [0.717, 1.165) is 11.0 Å². The molecule has 3 rings (SSSR count). The van der Waals surface area contributed by atoms with E-state index in [9.17, 15) is 10.2 Å². The van der Waals surface area contributed by atoms with Gasteiger partial charge in [-0.15, -0.1) is 0 Å². The highest BCUT2D eigenvalue weighted by Crippen LogP contribution is 2.35. The summed E-state index contributed by atoms with van der Waals surface area (Å²) in [6, 6.07) is 10.0. The highest BCUT2D eigenvalue weighted by molar-refractivity contribution is 6.31. The van der Waals surface area contributed by atoms with Gasteiger partial charge in [0.1, 0.15) is 5.82 Å². The monoisotopic (exact) mass is 260 g/mol. The van der Waals surface area contributed by atoms with Gasteiger partial charge in [0.25, 0.3) is 0 Å². The number of aromatic nitrogens is 2. The molecule has 0 amide bonds. The van der Waals surface area contributed by atoms with Gasteiger partial charge in [-0.3, -0.25) is 0 Å². The van der Waals surface area contributed by atoms with E-state index in [1.165, 1.54) is 6.07 Å². The summed E-state index contributed by atoms with van der Waals surface area (Å²) in [5, 5.41) is 19.9. The third kappa shape index (κ3) is 1.67. The molecule has 0 aliphatic rings. The number of nitrogens with one attached hydrogen (secondary N) is 1. The number of aromatic hydroxyl groups is 2. The molecule has 3 aromatic rings. The number of rotatable bonds is 1. The molecule has 4 nitrogen and oxygen atoms in total. The fourth-order valence-corrected chi connectivity index (χ4v) is 2.00.